The van der Waals surface area contributed by atoms with Crippen LogP contribution < -0.4 is 3.82 Å². The average Bonchev–Trinajstić information content (AvgIpc) is 2.15. The molecule has 0 fully saturated rings. The third-order valence-electron chi connectivity index (χ3n) is 1.50. The first-order valence-electron chi connectivity index (χ1n) is 3.52. The summed E-state index contributed by atoms with van der Waals surface area (Å²) >= 11 is -1.16. The first-order chi connectivity index (χ1) is 6.49. The van der Waals surface area contributed by atoms with E-state index in [0.29, 0.717) is 3.82 Å². The zero-order valence-electron chi connectivity index (χ0n) is 6.77. The van der Waals surface area contributed by atoms with Gasteiger partial charge in [0.2, 0.25) is 0 Å². The van der Waals surface area contributed by atoms with Crippen molar-refractivity contribution >= 4 is 32.2 Å². The van der Waals surface area contributed by atoms with Gasteiger partial charge in [0.15, 0.2) is 0 Å². The minimum atomic E-state index is -4.54. The van der Waals surface area contributed by atoms with E-state index >= 15 is 0 Å². The molecule has 0 unspecified atom stereocenters. The summed E-state index contributed by atoms with van der Waals surface area (Å²) in [5.74, 6) is 0. The number of nitriles is 1. The molecule has 0 atom stereocenters. The van der Waals surface area contributed by atoms with Crippen molar-refractivity contribution in [2.75, 3.05) is 0 Å². The summed E-state index contributed by atoms with van der Waals surface area (Å²) in [6.45, 7) is 0. The molecule has 0 radical (unpaired) electrons. The van der Waals surface area contributed by atoms with Crippen molar-refractivity contribution in [3.8, 4) is 6.07 Å². The molecule has 0 aliphatic rings. The molecule has 1 rings (SSSR count). The first kappa shape index (κ1) is 11.6. The third-order valence-corrected chi connectivity index (χ3v) is 2.99. The van der Waals surface area contributed by atoms with E-state index in [9.17, 15) is 13.2 Å². The van der Waals surface area contributed by atoms with Gasteiger partial charge in [-0.1, -0.05) is 9.89 Å². The average molecular weight is 231 g/mol. The molecule has 7 heteroatoms. The zero-order valence-corrected chi connectivity index (χ0v) is 8.94. The quantitative estimate of drug-likeness (QED) is 0.685. The normalized spacial score (nSPS) is 10.5. The lowest BCUT2D eigenvalue weighted by molar-refractivity contribution is -0.138. The van der Waals surface area contributed by atoms with Crippen LogP contribution in [0, 0.1) is 11.3 Å². The van der Waals surface area contributed by atoms with Crippen LogP contribution in [0.5, 0.6) is 0 Å². The third kappa shape index (κ3) is 2.50. The Morgan fingerprint density at radius 1 is 1.43 bits per heavy atom. The molecule has 1 aromatic heterocycles. The van der Waals surface area contributed by atoms with Gasteiger partial charge in [-0.3, -0.25) is 4.98 Å². The molecular weight excluding hydrogens is 229 g/mol. The fourth-order valence-electron chi connectivity index (χ4n) is 0.888. The van der Waals surface area contributed by atoms with Crippen molar-refractivity contribution in [1.82, 2.24) is 4.98 Å². The van der Waals surface area contributed by atoms with Crippen LogP contribution in [0.3, 0.4) is 0 Å². The molecule has 0 bridgehead atoms. The molecule has 0 aliphatic carbocycles. The molecule has 0 saturated heterocycles. The molecule has 1 aromatic rings. The summed E-state index contributed by atoms with van der Waals surface area (Å²) in [4.78, 5) is 3.52. The SMILES string of the molecule is N#Cc1n[c]([Mg][Cl])ccc1C(F)(F)F. The van der Waals surface area contributed by atoms with Gasteiger partial charge in [0, 0.05) is 0 Å². The highest BCUT2D eigenvalue weighted by atomic mass is 35.5. The van der Waals surface area contributed by atoms with Gasteiger partial charge in [-0.2, -0.15) is 18.4 Å². The van der Waals surface area contributed by atoms with Gasteiger partial charge in [0.1, 0.15) is 11.8 Å². The Balaban J connectivity index is 3.28. The Morgan fingerprint density at radius 2 is 2.07 bits per heavy atom. The van der Waals surface area contributed by atoms with Crippen LogP contribution in [0.15, 0.2) is 12.1 Å². The van der Waals surface area contributed by atoms with E-state index < -0.39 is 36.7 Å². The fourth-order valence-corrected chi connectivity index (χ4v) is 1.76. The van der Waals surface area contributed by atoms with Crippen molar-refractivity contribution in [3.63, 3.8) is 0 Å². The summed E-state index contributed by atoms with van der Waals surface area (Å²) in [7, 11) is 5.51. The molecule has 1 heterocycles. The van der Waals surface area contributed by atoms with E-state index in [1.54, 1.807) is 0 Å². The van der Waals surface area contributed by atoms with E-state index in [2.05, 4.69) is 4.98 Å². The van der Waals surface area contributed by atoms with Crippen molar-refractivity contribution in [3.05, 3.63) is 23.4 Å². The summed E-state index contributed by atoms with van der Waals surface area (Å²) < 4.78 is 37.2. The highest BCUT2D eigenvalue weighted by molar-refractivity contribution is 7.00. The van der Waals surface area contributed by atoms with Gasteiger partial charge in [-0.05, 0) is 6.07 Å². The number of aromatic nitrogens is 1. The predicted molar refractivity (Wildman–Crippen MR) is 45.2 cm³/mol. The van der Waals surface area contributed by atoms with Gasteiger partial charge >= 0.3 is 25.4 Å². The summed E-state index contributed by atoms with van der Waals surface area (Å²) in [5.41, 5.74) is -1.62. The van der Waals surface area contributed by atoms with Crippen molar-refractivity contribution in [2.24, 2.45) is 0 Å². The Morgan fingerprint density at radius 3 is 2.50 bits per heavy atom. The zero-order chi connectivity index (χ0) is 10.8. The van der Waals surface area contributed by atoms with Crippen LogP contribution in [0.1, 0.15) is 11.3 Å². The number of hydrogen-bond donors (Lipinski definition) is 0. The van der Waals surface area contributed by atoms with E-state index in [1.165, 1.54) is 12.1 Å². The van der Waals surface area contributed by atoms with Crippen molar-refractivity contribution in [2.45, 2.75) is 6.18 Å². The van der Waals surface area contributed by atoms with Gasteiger partial charge in [-0.25, -0.2) is 0 Å². The number of alkyl halides is 3. The Hall–Kier alpha value is -0.514. The standard InChI is InChI=1S/C7H2F3N2.ClH.Mg/c8-7(9,10)5-2-1-3-12-6(5)4-11;;/h1-2H;1H;/q;;+1/p-1. The summed E-state index contributed by atoms with van der Waals surface area (Å²) in [5, 5.41) is 8.46. The van der Waals surface area contributed by atoms with Crippen molar-refractivity contribution < 1.29 is 13.2 Å². The summed E-state index contributed by atoms with van der Waals surface area (Å²) in [6, 6.07) is 3.46. The van der Waals surface area contributed by atoms with E-state index in [0.717, 1.165) is 6.07 Å². The summed E-state index contributed by atoms with van der Waals surface area (Å²) in [6.07, 6.45) is -4.54. The molecule has 2 nitrogen and oxygen atoms in total. The maximum Gasteiger partial charge on any atom is 0.564 e. The molecule has 0 amide bonds. The highest BCUT2D eigenvalue weighted by Crippen LogP contribution is 2.30. The van der Waals surface area contributed by atoms with E-state index in [-0.39, 0.29) is 0 Å². The Kier molecular flexibility index (Phi) is 3.58. The van der Waals surface area contributed by atoms with Crippen LogP contribution in [-0.4, -0.2) is 24.2 Å². The molecule has 70 valence electrons. The monoisotopic (exact) mass is 230 g/mol. The lowest BCUT2D eigenvalue weighted by Gasteiger charge is -2.08. The number of pyridine rings is 1. The maximum absolute atomic E-state index is 12.3. The molecule has 0 aliphatic heterocycles. The smallest absolute Gasteiger partial charge is 0.333 e. The minimum absolute atomic E-state index is 0.385. The van der Waals surface area contributed by atoms with Gasteiger partial charge < -0.3 is 9.07 Å². The second-order valence-electron chi connectivity index (χ2n) is 2.44. The lowest BCUT2D eigenvalue weighted by atomic mass is 10.2. The minimum Gasteiger partial charge on any atom is -0.333 e. The van der Waals surface area contributed by atoms with Crippen LogP contribution in [0.4, 0.5) is 13.2 Å². The Labute approximate surface area is 91.2 Å². The number of nitrogens with zero attached hydrogens (tertiary/aromatic N) is 2. The van der Waals surface area contributed by atoms with Crippen LogP contribution >= 0.6 is 9.07 Å². The van der Waals surface area contributed by atoms with Crippen LogP contribution in [-0.2, 0) is 6.18 Å². The van der Waals surface area contributed by atoms with E-state index in [4.69, 9.17) is 14.3 Å². The molecule has 0 aromatic carbocycles. The van der Waals surface area contributed by atoms with Crippen molar-refractivity contribution in [1.29, 1.82) is 5.26 Å². The molecule has 14 heavy (non-hydrogen) atoms. The molecule has 0 spiro atoms. The highest BCUT2D eigenvalue weighted by Gasteiger charge is 2.34. The largest absolute Gasteiger partial charge is 0.564 e. The van der Waals surface area contributed by atoms with Gasteiger partial charge in [0.05, 0.1) is 5.56 Å². The predicted octanol–water partition coefficient (Wildman–Crippen LogP) is 1.46. The van der Waals surface area contributed by atoms with Crippen LogP contribution in [0.25, 0.3) is 0 Å². The van der Waals surface area contributed by atoms with E-state index in [1.807, 2.05) is 0 Å². The second kappa shape index (κ2) is 4.34. The lowest BCUT2D eigenvalue weighted by Crippen LogP contribution is -2.19. The molecule has 0 N–H and O–H groups in total. The fraction of sp³-hybridized carbons (Fsp3) is 0.143. The number of halogens is 4. The second-order valence-corrected chi connectivity index (χ2v) is 4.24. The van der Waals surface area contributed by atoms with Gasteiger partial charge in [-0.15, -0.1) is 0 Å². The first-order valence-corrected chi connectivity index (χ1v) is 6.36. The van der Waals surface area contributed by atoms with Gasteiger partial charge in [0.25, 0.3) is 0 Å². The topological polar surface area (TPSA) is 36.7 Å². The number of rotatable bonds is 1. The number of hydrogen-bond acceptors (Lipinski definition) is 2. The maximum atomic E-state index is 12.3. The molecule has 0 saturated carbocycles. The molecular formula is C7H2ClF3MgN2. The van der Waals surface area contributed by atoms with Crippen LogP contribution in [0.2, 0.25) is 0 Å². The Bertz CT molecular complexity index is 386.